The summed E-state index contributed by atoms with van der Waals surface area (Å²) in [5, 5.41) is 10.9. The lowest BCUT2D eigenvalue weighted by atomic mass is 10.3. The van der Waals surface area contributed by atoms with Crippen molar-refractivity contribution in [1.82, 2.24) is 4.98 Å². The molecular formula is C11H14N4O2. The number of hydrogen-bond acceptors (Lipinski definition) is 5. The van der Waals surface area contributed by atoms with E-state index in [0.717, 1.165) is 0 Å². The summed E-state index contributed by atoms with van der Waals surface area (Å²) in [6.45, 7) is 8.13. The molecule has 0 radical (unpaired) electrons. The zero-order valence-corrected chi connectivity index (χ0v) is 9.37. The van der Waals surface area contributed by atoms with Gasteiger partial charge in [-0.2, -0.15) is 0 Å². The van der Waals surface area contributed by atoms with Crippen LogP contribution in [0.5, 0.6) is 0 Å². The number of nitro groups is 1. The Hall–Kier alpha value is -2.37. The molecule has 6 nitrogen and oxygen atoms in total. The third kappa shape index (κ3) is 3.04. The average Bonchev–Trinajstić information content (AvgIpc) is 2.28. The second-order valence-corrected chi connectivity index (χ2v) is 3.35. The summed E-state index contributed by atoms with van der Waals surface area (Å²) in [7, 11) is 0. The van der Waals surface area contributed by atoms with E-state index in [4.69, 9.17) is 5.73 Å². The van der Waals surface area contributed by atoms with Gasteiger partial charge in [-0.1, -0.05) is 12.2 Å². The quantitative estimate of drug-likeness (QED) is 0.460. The zero-order chi connectivity index (χ0) is 12.8. The predicted octanol–water partition coefficient (Wildman–Crippen LogP) is 1.75. The molecule has 1 heterocycles. The highest BCUT2D eigenvalue weighted by atomic mass is 16.6. The fourth-order valence-corrected chi connectivity index (χ4v) is 1.42. The molecular weight excluding hydrogens is 220 g/mol. The van der Waals surface area contributed by atoms with E-state index in [1.54, 1.807) is 17.1 Å². The van der Waals surface area contributed by atoms with Crippen LogP contribution in [0.3, 0.4) is 0 Å². The van der Waals surface area contributed by atoms with E-state index >= 15 is 0 Å². The minimum atomic E-state index is -0.534. The Labute approximate surface area is 99.2 Å². The number of rotatable bonds is 6. The monoisotopic (exact) mass is 234 g/mol. The molecule has 0 spiro atoms. The van der Waals surface area contributed by atoms with Crippen LogP contribution in [0.2, 0.25) is 0 Å². The minimum absolute atomic E-state index is 0.220. The molecule has 0 aliphatic heterocycles. The molecule has 0 bridgehead atoms. The van der Waals surface area contributed by atoms with E-state index in [-0.39, 0.29) is 5.82 Å². The Morgan fingerprint density at radius 3 is 2.53 bits per heavy atom. The molecule has 17 heavy (non-hydrogen) atoms. The number of hydrogen-bond donors (Lipinski definition) is 1. The Morgan fingerprint density at radius 2 is 2.06 bits per heavy atom. The average molecular weight is 234 g/mol. The number of nitrogens with zero attached hydrogens (tertiary/aromatic N) is 3. The summed E-state index contributed by atoms with van der Waals surface area (Å²) in [4.78, 5) is 15.8. The van der Waals surface area contributed by atoms with Gasteiger partial charge in [-0.3, -0.25) is 0 Å². The van der Waals surface area contributed by atoms with Gasteiger partial charge in [0.05, 0.1) is 5.69 Å². The van der Waals surface area contributed by atoms with Crippen molar-refractivity contribution in [2.75, 3.05) is 23.7 Å². The van der Waals surface area contributed by atoms with Crippen molar-refractivity contribution in [2.24, 2.45) is 0 Å². The summed E-state index contributed by atoms with van der Waals surface area (Å²) in [5.74, 6) is -0.220. The van der Waals surface area contributed by atoms with Crippen molar-refractivity contribution in [1.29, 1.82) is 0 Å². The first-order valence-electron chi connectivity index (χ1n) is 4.96. The van der Waals surface area contributed by atoms with Gasteiger partial charge in [-0.25, -0.2) is 0 Å². The Kier molecular flexibility index (Phi) is 4.21. The highest BCUT2D eigenvalue weighted by Crippen LogP contribution is 2.27. The highest BCUT2D eigenvalue weighted by molar-refractivity contribution is 5.65. The van der Waals surface area contributed by atoms with Gasteiger partial charge in [0.1, 0.15) is 5.69 Å². The van der Waals surface area contributed by atoms with Crippen molar-refractivity contribution >= 4 is 17.2 Å². The molecule has 0 aliphatic carbocycles. The Morgan fingerprint density at radius 1 is 1.47 bits per heavy atom. The maximum absolute atomic E-state index is 10.9. The molecule has 0 aromatic carbocycles. The summed E-state index contributed by atoms with van der Waals surface area (Å²) < 4.78 is 0. The van der Waals surface area contributed by atoms with Crippen molar-refractivity contribution in [3.63, 3.8) is 0 Å². The zero-order valence-electron chi connectivity index (χ0n) is 9.37. The van der Waals surface area contributed by atoms with Crippen molar-refractivity contribution in [3.8, 4) is 0 Å². The second kappa shape index (κ2) is 5.64. The number of nitrogens with two attached hydrogens (primary N) is 1. The van der Waals surface area contributed by atoms with E-state index in [1.807, 2.05) is 0 Å². The van der Waals surface area contributed by atoms with E-state index in [0.29, 0.717) is 24.5 Å². The first kappa shape index (κ1) is 12.7. The normalized spacial score (nSPS) is 9.65. The molecule has 0 fully saturated rings. The largest absolute Gasteiger partial charge is 0.396 e. The van der Waals surface area contributed by atoms with Crippen LogP contribution in [0.1, 0.15) is 0 Å². The van der Waals surface area contributed by atoms with Crippen LogP contribution >= 0.6 is 0 Å². The van der Waals surface area contributed by atoms with Crippen LogP contribution in [-0.4, -0.2) is 23.0 Å². The molecule has 0 saturated heterocycles. The van der Waals surface area contributed by atoms with Gasteiger partial charge in [0.25, 0.3) is 0 Å². The number of nitrogen functional groups attached to an aromatic ring is 1. The maximum atomic E-state index is 10.9. The lowest BCUT2D eigenvalue weighted by Gasteiger charge is -2.20. The highest BCUT2D eigenvalue weighted by Gasteiger charge is 2.20. The van der Waals surface area contributed by atoms with Crippen LogP contribution in [-0.2, 0) is 0 Å². The molecule has 1 aromatic heterocycles. The van der Waals surface area contributed by atoms with E-state index in [9.17, 15) is 10.1 Å². The predicted molar refractivity (Wildman–Crippen MR) is 67.9 cm³/mol. The van der Waals surface area contributed by atoms with Crippen molar-refractivity contribution < 1.29 is 4.92 Å². The Bertz CT molecular complexity index is 435. The standard InChI is InChI=1S/C11H14N4O2/c1-3-5-14(6-4-2)10-7-9(12)8-13-11(10)15(16)17/h3-4,7-8H,1-2,5-6,12H2. The van der Waals surface area contributed by atoms with Gasteiger partial charge in [0, 0.05) is 13.1 Å². The summed E-state index contributed by atoms with van der Waals surface area (Å²) in [5.41, 5.74) is 6.34. The molecule has 0 atom stereocenters. The smallest absolute Gasteiger partial charge is 0.387 e. The topological polar surface area (TPSA) is 85.3 Å². The number of anilines is 2. The Balaban J connectivity index is 3.22. The summed E-state index contributed by atoms with van der Waals surface area (Å²) >= 11 is 0. The van der Waals surface area contributed by atoms with Gasteiger partial charge in [0.15, 0.2) is 6.20 Å². The van der Waals surface area contributed by atoms with Crippen LogP contribution in [0, 0.1) is 10.1 Å². The fourth-order valence-electron chi connectivity index (χ4n) is 1.42. The maximum Gasteiger partial charge on any atom is 0.387 e. The number of aromatic nitrogens is 1. The van der Waals surface area contributed by atoms with Crippen LogP contribution in [0.15, 0.2) is 37.6 Å². The van der Waals surface area contributed by atoms with Gasteiger partial charge < -0.3 is 20.7 Å². The van der Waals surface area contributed by atoms with E-state index in [1.165, 1.54) is 12.3 Å². The first-order chi connectivity index (χ1) is 8.10. The SMILES string of the molecule is C=CCN(CC=C)c1cc(N)cnc1[N+](=O)[O-]. The summed E-state index contributed by atoms with van der Waals surface area (Å²) in [6.07, 6.45) is 4.56. The van der Waals surface area contributed by atoms with E-state index in [2.05, 4.69) is 18.1 Å². The third-order valence-electron chi connectivity index (χ3n) is 2.08. The fraction of sp³-hybridized carbons (Fsp3) is 0.182. The van der Waals surface area contributed by atoms with Gasteiger partial charge >= 0.3 is 5.82 Å². The van der Waals surface area contributed by atoms with Crippen molar-refractivity contribution in [3.05, 3.63) is 47.7 Å². The van der Waals surface area contributed by atoms with Gasteiger partial charge in [-0.15, -0.1) is 13.2 Å². The molecule has 6 heteroatoms. The molecule has 90 valence electrons. The van der Waals surface area contributed by atoms with Gasteiger partial charge in [0.2, 0.25) is 0 Å². The summed E-state index contributed by atoms with van der Waals surface area (Å²) in [6, 6.07) is 1.53. The molecule has 0 saturated carbocycles. The molecule has 2 N–H and O–H groups in total. The molecule has 0 aliphatic rings. The van der Waals surface area contributed by atoms with Crippen LogP contribution in [0.4, 0.5) is 17.2 Å². The van der Waals surface area contributed by atoms with Crippen molar-refractivity contribution in [2.45, 2.75) is 0 Å². The second-order valence-electron chi connectivity index (χ2n) is 3.35. The van der Waals surface area contributed by atoms with Crippen LogP contribution < -0.4 is 10.6 Å². The van der Waals surface area contributed by atoms with E-state index < -0.39 is 4.92 Å². The van der Waals surface area contributed by atoms with Gasteiger partial charge in [-0.05, 0) is 16.0 Å². The number of pyridine rings is 1. The minimum Gasteiger partial charge on any atom is -0.396 e. The lowest BCUT2D eigenvalue weighted by Crippen LogP contribution is -2.24. The molecule has 0 unspecified atom stereocenters. The molecule has 1 rings (SSSR count). The first-order valence-corrected chi connectivity index (χ1v) is 4.96. The molecule has 1 aromatic rings. The molecule has 0 amide bonds. The third-order valence-corrected chi connectivity index (χ3v) is 2.08. The lowest BCUT2D eigenvalue weighted by molar-refractivity contribution is -0.388. The van der Waals surface area contributed by atoms with Crippen LogP contribution in [0.25, 0.3) is 0 Å².